The highest BCUT2D eigenvalue weighted by Gasteiger charge is 2.30. The number of esters is 1. The van der Waals surface area contributed by atoms with E-state index in [9.17, 15) is 9.59 Å². The molecule has 1 aromatic carbocycles. The van der Waals surface area contributed by atoms with Crippen LogP contribution in [0.1, 0.15) is 22.6 Å². The second-order valence-electron chi connectivity index (χ2n) is 5.01. The molecule has 0 saturated heterocycles. The number of hydrogen-bond acceptors (Lipinski definition) is 4. The van der Waals surface area contributed by atoms with Gasteiger partial charge in [-0.3, -0.25) is 4.79 Å². The Labute approximate surface area is 123 Å². The van der Waals surface area contributed by atoms with E-state index < -0.39 is 5.97 Å². The van der Waals surface area contributed by atoms with Crippen LogP contribution in [0.4, 0.5) is 0 Å². The van der Waals surface area contributed by atoms with Gasteiger partial charge in [-0.25, -0.2) is 4.79 Å². The van der Waals surface area contributed by atoms with Crippen LogP contribution in [0.15, 0.2) is 24.3 Å². The molecule has 2 rings (SSSR count). The Morgan fingerprint density at radius 1 is 1.38 bits per heavy atom. The van der Waals surface area contributed by atoms with Crippen molar-refractivity contribution in [2.24, 2.45) is 0 Å². The van der Waals surface area contributed by atoms with Gasteiger partial charge in [0.15, 0.2) is 0 Å². The third-order valence-corrected chi connectivity index (χ3v) is 3.57. The fourth-order valence-electron chi connectivity index (χ4n) is 2.20. The number of fused-ring (bicyclic) bond motifs is 1. The molecule has 1 aliphatic rings. The van der Waals surface area contributed by atoms with Crippen LogP contribution >= 0.6 is 0 Å². The number of benzene rings is 1. The van der Waals surface area contributed by atoms with E-state index in [1.807, 2.05) is 26.0 Å². The van der Waals surface area contributed by atoms with E-state index in [0.717, 1.165) is 22.4 Å². The maximum Gasteiger partial charge on any atom is 0.330 e. The molecule has 1 aliphatic heterocycles. The molecular formula is C16H19NO4. The molecule has 21 heavy (non-hydrogen) atoms. The summed E-state index contributed by atoms with van der Waals surface area (Å²) in [6.45, 7) is 4.67. The molecule has 5 nitrogen and oxygen atoms in total. The Balaban J connectivity index is 1.99. The van der Waals surface area contributed by atoms with Crippen LogP contribution in [0.2, 0.25) is 0 Å². The van der Waals surface area contributed by atoms with Crippen molar-refractivity contribution >= 4 is 11.9 Å². The molecule has 0 aromatic heterocycles. The van der Waals surface area contributed by atoms with Gasteiger partial charge in [-0.05, 0) is 31.0 Å². The minimum Gasteiger partial charge on any atom is -0.492 e. The minimum absolute atomic E-state index is 0.105. The van der Waals surface area contributed by atoms with Crippen LogP contribution in [-0.2, 0) is 14.3 Å². The summed E-state index contributed by atoms with van der Waals surface area (Å²) in [7, 11) is 1.31. The highest BCUT2D eigenvalue weighted by Crippen LogP contribution is 2.35. The predicted octanol–water partition coefficient (Wildman–Crippen LogP) is 1.62. The molecule has 0 fully saturated rings. The van der Waals surface area contributed by atoms with Crippen LogP contribution in [0.5, 0.6) is 5.75 Å². The normalized spacial score (nSPS) is 16.4. The van der Waals surface area contributed by atoms with Crippen LogP contribution in [-0.4, -0.2) is 32.1 Å². The SMILES string of the molecule is COC(=O)/C=C/CNC(=O)C1COc2cc(C)c(C)cc21. The molecule has 1 aromatic rings. The largest absolute Gasteiger partial charge is 0.492 e. The Hall–Kier alpha value is -2.30. The molecule has 1 amide bonds. The number of ether oxygens (including phenoxy) is 2. The summed E-state index contributed by atoms with van der Waals surface area (Å²) in [5.41, 5.74) is 3.21. The molecule has 0 spiro atoms. The average Bonchev–Trinajstić information content (AvgIpc) is 2.86. The standard InChI is InChI=1S/C16H19NO4/c1-10-7-12-13(9-21-14(12)8-11(10)2)16(19)17-6-4-5-15(18)20-3/h4-5,7-8,13H,6,9H2,1-3H3,(H,17,19)/b5-4+. The molecule has 0 saturated carbocycles. The lowest BCUT2D eigenvalue weighted by atomic mass is 9.96. The van der Waals surface area contributed by atoms with Crippen molar-refractivity contribution in [1.82, 2.24) is 5.32 Å². The molecule has 5 heteroatoms. The van der Waals surface area contributed by atoms with Crippen LogP contribution in [0, 0.1) is 13.8 Å². The zero-order valence-corrected chi connectivity index (χ0v) is 12.4. The summed E-state index contributed by atoms with van der Waals surface area (Å²) in [6, 6.07) is 3.97. The summed E-state index contributed by atoms with van der Waals surface area (Å²) in [5.74, 6) is -0.0643. The number of carbonyl (C=O) groups excluding carboxylic acids is 2. The van der Waals surface area contributed by atoms with Crippen molar-refractivity contribution in [2.45, 2.75) is 19.8 Å². The van der Waals surface area contributed by atoms with Gasteiger partial charge in [0.05, 0.1) is 7.11 Å². The zero-order valence-electron chi connectivity index (χ0n) is 12.4. The average molecular weight is 289 g/mol. The second-order valence-corrected chi connectivity index (χ2v) is 5.01. The number of hydrogen-bond donors (Lipinski definition) is 1. The van der Waals surface area contributed by atoms with Crippen LogP contribution in [0.25, 0.3) is 0 Å². The van der Waals surface area contributed by atoms with E-state index in [0.29, 0.717) is 6.61 Å². The van der Waals surface area contributed by atoms with Gasteiger partial charge in [0.25, 0.3) is 0 Å². The number of aryl methyl sites for hydroxylation is 2. The van der Waals surface area contributed by atoms with Gasteiger partial charge in [0.2, 0.25) is 5.91 Å². The molecule has 1 N–H and O–H groups in total. The topological polar surface area (TPSA) is 64.6 Å². The summed E-state index contributed by atoms with van der Waals surface area (Å²) < 4.78 is 10.0. The van der Waals surface area contributed by atoms with Crippen molar-refractivity contribution in [3.8, 4) is 5.75 Å². The molecule has 0 aliphatic carbocycles. The zero-order chi connectivity index (χ0) is 15.4. The number of nitrogens with one attached hydrogen (secondary N) is 1. The van der Waals surface area contributed by atoms with Gasteiger partial charge < -0.3 is 14.8 Å². The summed E-state index contributed by atoms with van der Waals surface area (Å²) >= 11 is 0. The highest BCUT2D eigenvalue weighted by atomic mass is 16.5. The third-order valence-electron chi connectivity index (χ3n) is 3.57. The van der Waals surface area contributed by atoms with E-state index in [2.05, 4.69) is 10.1 Å². The molecule has 1 heterocycles. The van der Waals surface area contributed by atoms with Gasteiger partial charge in [-0.1, -0.05) is 12.1 Å². The maximum absolute atomic E-state index is 12.2. The van der Waals surface area contributed by atoms with E-state index in [1.165, 1.54) is 13.2 Å². The third kappa shape index (κ3) is 3.42. The van der Waals surface area contributed by atoms with Crippen LogP contribution in [0.3, 0.4) is 0 Å². The van der Waals surface area contributed by atoms with E-state index in [-0.39, 0.29) is 18.4 Å². The number of amides is 1. The smallest absolute Gasteiger partial charge is 0.330 e. The Morgan fingerprint density at radius 3 is 2.81 bits per heavy atom. The number of carbonyl (C=O) groups is 2. The Morgan fingerprint density at radius 2 is 2.10 bits per heavy atom. The first kappa shape index (κ1) is 15.1. The quantitative estimate of drug-likeness (QED) is 0.676. The second kappa shape index (κ2) is 6.43. The first-order chi connectivity index (χ1) is 10.0. The molecule has 0 bridgehead atoms. The lowest BCUT2D eigenvalue weighted by Gasteiger charge is -2.10. The van der Waals surface area contributed by atoms with Crippen molar-refractivity contribution in [3.05, 3.63) is 41.0 Å². The first-order valence-corrected chi connectivity index (χ1v) is 6.79. The summed E-state index contributed by atoms with van der Waals surface area (Å²) in [6.07, 6.45) is 2.84. The van der Waals surface area contributed by atoms with Gasteiger partial charge in [0, 0.05) is 18.2 Å². The Kier molecular flexibility index (Phi) is 4.62. The summed E-state index contributed by atoms with van der Waals surface area (Å²) in [4.78, 5) is 23.1. The fourth-order valence-corrected chi connectivity index (χ4v) is 2.20. The van der Waals surface area contributed by atoms with Crippen molar-refractivity contribution in [1.29, 1.82) is 0 Å². The van der Waals surface area contributed by atoms with Gasteiger partial charge in [-0.15, -0.1) is 0 Å². The van der Waals surface area contributed by atoms with Crippen LogP contribution < -0.4 is 10.1 Å². The van der Waals surface area contributed by atoms with E-state index in [4.69, 9.17) is 4.74 Å². The molecule has 0 radical (unpaired) electrons. The van der Waals surface area contributed by atoms with Gasteiger partial charge in [0.1, 0.15) is 18.3 Å². The maximum atomic E-state index is 12.2. The van der Waals surface area contributed by atoms with Gasteiger partial charge in [-0.2, -0.15) is 0 Å². The number of methoxy groups -OCH3 is 1. The molecule has 112 valence electrons. The minimum atomic E-state index is -0.440. The Bertz CT molecular complexity index is 592. The fraction of sp³-hybridized carbons (Fsp3) is 0.375. The van der Waals surface area contributed by atoms with Crippen molar-refractivity contribution in [3.63, 3.8) is 0 Å². The van der Waals surface area contributed by atoms with Crippen molar-refractivity contribution in [2.75, 3.05) is 20.3 Å². The molecule has 1 unspecified atom stereocenters. The van der Waals surface area contributed by atoms with E-state index in [1.54, 1.807) is 6.08 Å². The first-order valence-electron chi connectivity index (χ1n) is 6.79. The number of rotatable bonds is 4. The van der Waals surface area contributed by atoms with Crippen molar-refractivity contribution < 1.29 is 19.1 Å². The van der Waals surface area contributed by atoms with E-state index >= 15 is 0 Å². The lowest BCUT2D eigenvalue weighted by molar-refractivity contribution is -0.134. The molecular weight excluding hydrogens is 270 g/mol. The summed E-state index contributed by atoms with van der Waals surface area (Å²) in [5, 5.41) is 2.77. The lowest BCUT2D eigenvalue weighted by Crippen LogP contribution is -2.30. The monoisotopic (exact) mass is 289 g/mol. The van der Waals surface area contributed by atoms with Gasteiger partial charge >= 0.3 is 5.97 Å². The highest BCUT2D eigenvalue weighted by molar-refractivity contribution is 5.86. The predicted molar refractivity (Wildman–Crippen MR) is 78.3 cm³/mol. The molecule has 1 atom stereocenters.